The Bertz CT molecular complexity index is 853. The van der Waals surface area contributed by atoms with Crippen molar-refractivity contribution in [2.75, 3.05) is 11.9 Å². The monoisotopic (exact) mass is 389 g/mol. The Labute approximate surface area is 162 Å². The van der Waals surface area contributed by atoms with Crippen molar-refractivity contribution in [3.8, 4) is 0 Å². The van der Waals surface area contributed by atoms with Gasteiger partial charge in [-0.1, -0.05) is 17.7 Å². The third-order valence-corrected chi connectivity index (χ3v) is 4.04. The normalized spacial score (nSPS) is 11.4. The van der Waals surface area contributed by atoms with Gasteiger partial charge in [-0.05, 0) is 56.2 Å². The van der Waals surface area contributed by atoms with Crippen LogP contribution in [-0.4, -0.2) is 35.4 Å². The molecule has 0 aliphatic heterocycles. The molecule has 8 heteroatoms. The molecule has 2 aromatic rings. The number of hydrogen-bond acceptors (Lipinski definition) is 5. The highest BCUT2D eigenvalue weighted by Crippen LogP contribution is 2.11. The fraction of sp³-hybridized carbons (Fsp3) is 0.263. The number of aryl methyl sites for hydroxylation is 2. The number of anilines is 1. The van der Waals surface area contributed by atoms with Crippen molar-refractivity contribution < 1.29 is 19.1 Å². The maximum Gasteiger partial charge on any atom is 0.326 e. The zero-order valence-electron chi connectivity index (χ0n) is 15.2. The van der Waals surface area contributed by atoms with Crippen LogP contribution in [0.3, 0.4) is 0 Å². The van der Waals surface area contributed by atoms with Gasteiger partial charge in [0.1, 0.15) is 12.4 Å². The van der Waals surface area contributed by atoms with E-state index < -0.39 is 23.9 Å². The minimum atomic E-state index is -1.05. The number of nitrogens with one attached hydrogen (secondary N) is 2. The number of rotatable bonds is 6. The quantitative estimate of drug-likeness (QED) is 0.740. The van der Waals surface area contributed by atoms with Crippen molar-refractivity contribution in [2.24, 2.45) is 0 Å². The predicted octanol–water partition coefficient (Wildman–Crippen LogP) is 2.65. The zero-order chi connectivity index (χ0) is 20.0. The number of carbonyl (C=O) groups excluding carboxylic acids is 3. The Hall–Kier alpha value is -2.93. The molecular formula is C19H20ClN3O4. The summed E-state index contributed by atoms with van der Waals surface area (Å²) in [7, 11) is 0. The standard InChI is InChI=1S/C19H20ClN3O4/c1-11-4-5-14(8-12(11)2)19(26)22-10-17(24)27-13(3)18(25)23-16-7-6-15(20)9-21-16/h4-9,13H,10H2,1-3H3,(H,22,26)(H,21,23,25)/t13-/m1/s1. The number of ether oxygens (including phenoxy) is 1. The van der Waals surface area contributed by atoms with Crippen LogP contribution in [0.4, 0.5) is 5.82 Å². The summed E-state index contributed by atoms with van der Waals surface area (Å²) in [5, 5.41) is 5.41. The SMILES string of the molecule is Cc1ccc(C(=O)NCC(=O)O[C@H](C)C(=O)Nc2ccc(Cl)cn2)cc1C. The number of halogens is 1. The van der Waals surface area contributed by atoms with E-state index in [1.165, 1.54) is 19.2 Å². The minimum Gasteiger partial charge on any atom is -0.451 e. The maximum atomic E-state index is 12.1. The van der Waals surface area contributed by atoms with Gasteiger partial charge in [-0.3, -0.25) is 14.4 Å². The van der Waals surface area contributed by atoms with Gasteiger partial charge in [0.15, 0.2) is 6.10 Å². The molecule has 2 amide bonds. The number of carbonyl (C=O) groups is 3. The van der Waals surface area contributed by atoms with Crippen LogP contribution < -0.4 is 10.6 Å². The lowest BCUT2D eigenvalue weighted by atomic mass is 10.1. The number of amides is 2. The minimum absolute atomic E-state index is 0.287. The molecule has 142 valence electrons. The first-order chi connectivity index (χ1) is 12.8. The highest BCUT2D eigenvalue weighted by molar-refractivity contribution is 6.30. The summed E-state index contributed by atoms with van der Waals surface area (Å²) in [6.07, 6.45) is 0.337. The lowest BCUT2D eigenvalue weighted by Crippen LogP contribution is -2.36. The molecule has 2 N–H and O–H groups in total. The van der Waals surface area contributed by atoms with Gasteiger partial charge in [0.25, 0.3) is 11.8 Å². The Morgan fingerprint density at radius 2 is 1.89 bits per heavy atom. The summed E-state index contributed by atoms with van der Waals surface area (Å²) < 4.78 is 5.02. The Morgan fingerprint density at radius 3 is 2.52 bits per heavy atom. The lowest BCUT2D eigenvalue weighted by molar-refractivity contribution is -0.152. The van der Waals surface area contributed by atoms with E-state index in [0.717, 1.165) is 11.1 Å². The summed E-state index contributed by atoms with van der Waals surface area (Å²) >= 11 is 5.72. The molecule has 1 aromatic carbocycles. The summed E-state index contributed by atoms with van der Waals surface area (Å²) in [5.41, 5.74) is 2.50. The molecule has 0 spiro atoms. The van der Waals surface area contributed by atoms with Gasteiger partial charge >= 0.3 is 5.97 Å². The van der Waals surface area contributed by atoms with E-state index in [0.29, 0.717) is 10.6 Å². The van der Waals surface area contributed by atoms with E-state index >= 15 is 0 Å². The highest BCUT2D eigenvalue weighted by Gasteiger charge is 2.19. The number of nitrogens with zero attached hydrogens (tertiary/aromatic N) is 1. The first kappa shape index (κ1) is 20.4. The van der Waals surface area contributed by atoms with Crippen LogP contribution >= 0.6 is 11.6 Å². The Morgan fingerprint density at radius 1 is 1.15 bits per heavy atom. The topological polar surface area (TPSA) is 97.4 Å². The van der Waals surface area contributed by atoms with Gasteiger partial charge in [-0.2, -0.15) is 0 Å². The third-order valence-electron chi connectivity index (χ3n) is 3.82. The number of esters is 1. The van der Waals surface area contributed by atoms with Gasteiger partial charge in [0.05, 0.1) is 5.02 Å². The number of benzene rings is 1. The van der Waals surface area contributed by atoms with Crippen molar-refractivity contribution in [2.45, 2.75) is 26.9 Å². The van der Waals surface area contributed by atoms with Gasteiger partial charge < -0.3 is 15.4 Å². The fourth-order valence-corrected chi connectivity index (χ4v) is 2.22. The summed E-state index contributed by atoms with van der Waals surface area (Å²) in [6, 6.07) is 8.35. The molecule has 0 saturated heterocycles. The second-order valence-corrected chi connectivity index (χ2v) is 6.40. The van der Waals surface area contributed by atoms with Crippen LogP contribution in [0.2, 0.25) is 5.02 Å². The van der Waals surface area contributed by atoms with Crippen molar-refractivity contribution in [3.63, 3.8) is 0 Å². The molecule has 1 heterocycles. The average Bonchev–Trinajstić information content (AvgIpc) is 2.63. The van der Waals surface area contributed by atoms with E-state index in [2.05, 4.69) is 15.6 Å². The molecule has 7 nitrogen and oxygen atoms in total. The molecule has 1 atom stereocenters. The lowest BCUT2D eigenvalue weighted by Gasteiger charge is -2.13. The molecule has 0 radical (unpaired) electrons. The molecule has 0 saturated carbocycles. The number of hydrogen-bond donors (Lipinski definition) is 2. The molecule has 0 aliphatic rings. The molecular weight excluding hydrogens is 370 g/mol. The van der Waals surface area contributed by atoms with E-state index in [-0.39, 0.29) is 12.4 Å². The van der Waals surface area contributed by atoms with Crippen LogP contribution in [0.25, 0.3) is 0 Å². The van der Waals surface area contributed by atoms with Crippen LogP contribution in [0.1, 0.15) is 28.4 Å². The molecule has 0 bridgehead atoms. The van der Waals surface area contributed by atoms with Crippen LogP contribution in [0.5, 0.6) is 0 Å². The van der Waals surface area contributed by atoms with Crippen molar-refractivity contribution in [1.82, 2.24) is 10.3 Å². The zero-order valence-corrected chi connectivity index (χ0v) is 16.0. The van der Waals surface area contributed by atoms with E-state index in [1.807, 2.05) is 19.9 Å². The first-order valence-corrected chi connectivity index (χ1v) is 8.61. The van der Waals surface area contributed by atoms with E-state index in [9.17, 15) is 14.4 Å². The molecule has 0 fully saturated rings. The van der Waals surface area contributed by atoms with Crippen molar-refractivity contribution >= 4 is 35.2 Å². The fourth-order valence-electron chi connectivity index (χ4n) is 2.11. The molecule has 2 rings (SSSR count). The molecule has 27 heavy (non-hydrogen) atoms. The Kier molecular flexibility index (Phi) is 6.90. The number of pyridine rings is 1. The Balaban J connectivity index is 1.81. The molecule has 0 aliphatic carbocycles. The van der Waals surface area contributed by atoms with Crippen LogP contribution in [-0.2, 0) is 14.3 Å². The van der Waals surface area contributed by atoms with Crippen molar-refractivity contribution in [3.05, 3.63) is 58.2 Å². The highest BCUT2D eigenvalue weighted by atomic mass is 35.5. The summed E-state index contributed by atoms with van der Waals surface area (Å²) in [6.45, 7) is 4.92. The summed E-state index contributed by atoms with van der Waals surface area (Å²) in [4.78, 5) is 39.9. The molecule has 0 unspecified atom stereocenters. The first-order valence-electron chi connectivity index (χ1n) is 8.23. The second-order valence-electron chi connectivity index (χ2n) is 5.96. The predicted molar refractivity (Wildman–Crippen MR) is 102 cm³/mol. The average molecular weight is 390 g/mol. The van der Waals surface area contributed by atoms with Gasteiger partial charge in [0.2, 0.25) is 0 Å². The van der Waals surface area contributed by atoms with E-state index in [1.54, 1.807) is 18.2 Å². The maximum absolute atomic E-state index is 12.1. The van der Waals surface area contributed by atoms with E-state index in [4.69, 9.17) is 16.3 Å². The van der Waals surface area contributed by atoms with Crippen molar-refractivity contribution in [1.29, 1.82) is 0 Å². The molecule has 1 aromatic heterocycles. The van der Waals surface area contributed by atoms with Crippen LogP contribution in [0.15, 0.2) is 36.5 Å². The number of aromatic nitrogens is 1. The van der Waals surface area contributed by atoms with Gasteiger partial charge in [-0.25, -0.2) is 4.98 Å². The third kappa shape index (κ3) is 6.07. The van der Waals surface area contributed by atoms with Gasteiger partial charge in [0, 0.05) is 11.8 Å². The largest absolute Gasteiger partial charge is 0.451 e. The van der Waals surface area contributed by atoms with Crippen LogP contribution in [0, 0.1) is 13.8 Å². The second kappa shape index (κ2) is 9.14. The smallest absolute Gasteiger partial charge is 0.326 e. The summed E-state index contributed by atoms with van der Waals surface area (Å²) in [5.74, 6) is -1.37. The van der Waals surface area contributed by atoms with Gasteiger partial charge in [-0.15, -0.1) is 0 Å².